The second-order valence-electron chi connectivity index (χ2n) is 5.49. The van der Waals surface area contributed by atoms with Gasteiger partial charge in [0.2, 0.25) is 0 Å². The van der Waals surface area contributed by atoms with Crippen molar-refractivity contribution in [2.75, 3.05) is 20.2 Å². The number of methoxy groups -OCH3 is 1. The Hall–Kier alpha value is -2.66. The fourth-order valence-electron chi connectivity index (χ4n) is 2.18. The lowest BCUT2D eigenvalue weighted by Crippen LogP contribution is -2.31. The zero-order valence-corrected chi connectivity index (χ0v) is 14.0. The minimum Gasteiger partial charge on any atom is -0.465 e. The summed E-state index contributed by atoms with van der Waals surface area (Å²) in [6.07, 6.45) is 0. The lowest BCUT2D eigenvalue weighted by atomic mass is 10.1. The topological polar surface area (TPSA) is 67.4 Å². The summed E-state index contributed by atoms with van der Waals surface area (Å²) in [5, 5.41) is 6.12. The summed E-state index contributed by atoms with van der Waals surface area (Å²) >= 11 is 0. The molecule has 0 spiro atoms. The van der Waals surface area contributed by atoms with Gasteiger partial charge in [0, 0.05) is 25.2 Å². The number of carbonyl (C=O) groups is 2. The Morgan fingerprint density at radius 1 is 0.917 bits per heavy atom. The van der Waals surface area contributed by atoms with Gasteiger partial charge in [-0.15, -0.1) is 0 Å². The maximum Gasteiger partial charge on any atom is 0.337 e. The second kappa shape index (κ2) is 8.84. The van der Waals surface area contributed by atoms with Crippen molar-refractivity contribution in [3.8, 4) is 0 Å². The number of hydrogen-bond acceptors (Lipinski definition) is 4. The molecule has 5 heteroatoms. The van der Waals surface area contributed by atoms with Crippen molar-refractivity contribution in [3.05, 3.63) is 70.8 Å². The molecule has 0 aliphatic rings. The number of ether oxygens (including phenoxy) is 1. The fraction of sp³-hybridized carbons (Fsp3) is 0.263. The average molecular weight is 326 g/mol. The van der Waals surface area contributed by atoms with Crippen LogP contribution in [0, 0.1) is 6.92 Å². The third-order valence-corrected chi connectivity index (χ3v) is 3.61. The van der Waals surface area contributed by atoms with Gasteiger partial charge in [-0.05, 0) is 36.8 Å². The van der Waals surface area contributed by atoms with E-state index in [-0.39, 0.29) is 11.9 Å². The third-order valence-electron chi connectivity index (χ3n) is 3.61. The van der Waals surface area contributed by atoms with Gasteiger partial charge in [-0.1, -0.05) is 29.8 Å². The minimum atomic E-state index is -0.340. The predicted molar refractivity (Wildman–Crippen MR) is 93.0 cm³/mol. The van der Waals surface area contributed by atoms with Gasteiger partial charge in [-0.3, -0.25) is 4.79 Å². The monoisotopic (exact) mass is 326 g/mol. The number of rotatable bonds is 7. The molecule has 5 nitrogen and oxygen atoms in total. The van der Waals surface area contributed by atoms with E-state index in [1.165, 1.54) is 7.11 Å². The molecule has 0 fully saturated rings. The summed E-state index contributed by atoms with van der Waals surface area (Å²) in [7, 11) is 1.36. The van der Waals surface area contributed by atoms with Crippen LogP contribution in [0.5, 0.6) is 0 Å². The standard InChI is InChI=1S/C19H22N2O3/c1-14-3-7-16(8-4-14)18(22)21-12-11-20-13-15-5-9-17(10-6-15)19(23)24-2/h3-10,20H,11-13H2,1-2H3,(H,21,22). The van der Waals surface area contributed by atoms with E-state index in [2.05, 4.69) is 15.4 Å². The van der Waals surface area contributed by atoms with Gasteiger partial charge >= 0.3 is 5.97 Å². The number of amides is 1. The quantitative estimate of drug-likeness (QED) is 0.605. The highest BCUT2D eigenvalue weighted by Crippen LogP contribution is 2.05. The van der Waals surface area contributed by atoms with E-state index in [9.17, 15) is 9.59 Å². The van der Waals surface area contributed by atoms with Gasteiger partial charge in [0.25, 0.3) is 5.91 Å². The largest absolute Gasteiger partial charge is 0.465 e. The van der Waals surface area contributed by atoms with Crippen molar-refractivity contribution >= 4 is 11.9 Å². The molecule has 24 heavy (non-hydrogen) atoms. The summed E-state index contributed by atoms with van der Waals surface area (Å²) < 4.78 is 4.66. The molecule has 0 bridgehead atoms. The average Bonchev–Trinajstić information content (AvgIpc) is 2.61. The number of hydrogen-bond donors (Lipinski definition) is 2. The fourth-order valence-corrected chi connectivity index (χ4v) is 2.18. The number of nitrogens with one attached hydrogen (secondary N) is 2. The van der Waals surface area contributed by atoms with Crippen molar-refractivity contribution in [2.45, 2.75) is 13.5 Å². The SMILES string of the molecule is COC(=O)c1ccc(CNCCNC(=O)c2ccc(C)cc2)cc1. The molecule has 0 aliphatic heterocycles. The summed E-state index contributed by atoms with van der Waals surface area (Å²) in [6, 6.07) is 14.7. The molecule has 0 unspecified atom stereocenters. The second-order valence-corrected chi connectivity index (χ2v) is 5.49. The molecule has 0 heterocycles. The number of esters is 1. The molecular weight excluding hydrogens is 304 g/mol. The molecule has 1 amide bonds. The van der Waals surface area contributed by atoms with Gasteiger partial charge in [0.15, 0.2) is 0 Å². The zero-order chi connectivity index (χ0) is 17.4. The first-order valence-corrected chi connectivity index (χ1v) is 7.83. The van der Waals surface area contributed by atoms with Gasteiger partial charge in [0.1, 0.15) is 0 Å². The normalized spacial score (nSPS) is 10.2. The predicted octanol–water partition coefficient (Wildman–Crippen LogP) is 2.30. The molecule has 2 aromatic rings. The Labute approximate surface area is 142 Å². The van der Waals surface area contributed by atoms with Crippen LogP contribution in [0.15, 0.2) is 48.5 Å². The molecule has 126 valence electrons. The van der Waals surface area contributed by atoms with Gasteiger partial charge in [-0.2, -0.15) is 0 Å². The Balaban J connectivity index is 1.68. The van der Waals surface area contributed by atoms with Gasteiger partial charge < -0.3 is 15.4 Å². The lowest BCUT2D eigenvalue weighted by Gasteiger charge is -2.08. The Kier molecular flexibility index (Phi) is 6.51. The van der Waals surface area contributed by atoms with Crippen LogP contribution in [-0.2, 0) is 11.3 Å². The Morgan fingerprint density at radius 2 is 1.54 bits per heavy atom. The molecule has 0 radical (unpaired) electrons. The van der Waals surface area contributed by atoms with Gasteiger partial charge in [-0.25, -0.2) is 4.79 Å². The van der Waals surface area contributed by atoms with Crippen molar-refractivity contribution in [1.29, 1.82) is 0 Å². The molecule has 0 aromatic heterocycles. The van der Waals surface area contributed by atoms with Crippen LogP contribution in [0.4, 0.5) is 0 Å². The van der Waals surface area contributed by atoms with E-state index in [1.54, 1.807) is 12.1 Å². The first-order chi connectivity index (χ1) is 11.6. The molecule has 0 saturated heterocycles. The molecule has 2 rings (SSSR count). The highest BCUT2D eigenvalue weighted by molar-refractivity contribution is 5.94. The molecule has 0 atom stereocenters. The van der Waals surface area contributed by atoms with E-state index in [4.69, 9.17) is 0 Å². The number of benzene rings is 2. The van der Waals surface area contributed by atoms with E-state index in [1.807, 2.05) is 43.3 Å². The van der Waals surface area contributed by atoms with Crippen LogP contribution in [0.3, 0.4) is 0 Å². The van der Waals surface area contributed by atoms with E-state index >= 15 is 0 Å². The highest BCUT2D eigenvalue weighted by atomic mass is 16.5. The molecule has 2 N–H and O–H groups in total. The van der Waals surface area contributed by atoms with Crippen LogP contribution < -0.4 is 10.6 Å². The van der Waals surface area contributed by atoms with Crippen LogP contribution >= 0.6 is 0 Å². The number of carbonyl (C=O) groups excluding carboxylic acids is 2. The van der Waals surface area contributed by atoms with E-state index in [0.29, 0.717) is 30.8 Å². The maximum absolute atomic E-state index is 11.9. The van der Waals surface area contributed by atoms with E-state index < -0.39 is 0 Å². The Morgan fingerprint density at radius 3 is 2.17 bits per heavy atom. The molecule has 0 saturated carbocycles. The number of aryl methyl sites for hydroxylation is 1. The van der Waals surface area contributed by atoms with Crippen molar-refractivity contribution in [3.63, 3.8) is 0 Å². The smallest absolute Gasteiger partial charge is 0.337 e. The van der Waals surface area contributed by atoms with Crippen LogP contribution in [0.1, 0.15) is 31.8 Å². The maximum atomic E-state index is 11.9. The minimum absolute atomic E-state index is 0.0702. The summed E-state index contributed by atoms with van der Waals surface area (Å²) in [6.45, 7) is 3.87. The van der Waals surface area contributed by atoms with Crippen LogP contribution in [0.2, 0.25) is 0 Å². The highest BCUT2D eigenvalue weighted by Gasteiger charge is 2.05. The van der Waals surface area contributed by atoms with Crippen LogP contribution in [0.25, 0.3) is 0 Å². The zero-order valence-electron chi connectivity index (χ0n) is 14.0. The summed E-state index contributed by atoms with van der Waals surface area (Å²) in [5.41, 5.74) is 3.39. The first-order valence-electron chi connectivity index (χ1n) is 7.83. The van der Waals surface area contributed by atoms with Crippen molar-refractivity contribution < 1.29 is 14.3 Å². The van der Waals surface area contributed by atoms with Crippen molar-refractivity contribution in [2.24, 2.45) is 0 Å². The summed E-state index contributed by atoms with van der Waals surface area (Å²) in [5.74, 6) is -0.410. The summed E-state index contributed by atoms with van der Waals surface area (Å²) in [4.78, 5) is 23.3. The molecular formula is C19H22N2O3. The van der Waals surface area contributed by atoms with Crippen molar-refractivity contribution in [1.82, 2.24) is 10.6 Å². The van der Waals surface area contributed by atoms with Gasteiger partial charge in [0.05, 0.1) is 12.7 Å². The molecule has 0 aliphatic carbocycles. The third kappa shape index (κ3) is 5.21. The lowest BCUT2D eigenvalue weighted by molar-refractivity contribution is 0.0600. The van der Waals surface area contributed by atoms with Crippen LogP contribution in [-0.4, -0.2) is 32.1 Å². The Bertz CT molecular complexity index is 679. The van der Waals surface area contributed by atoms with E-state index in [0.717, 1.165) is 11.1 Å². The molecule has 2 aromatic carbocycles. The first kappa shape index (κ1) is 17.7.